The van der Waals surface area contributed by atoms with Crippen LogP contribution in [0.5, 0.6) is 0 Å². The Bertz CT molecular complexity index is 1060. The average molecular weight is 421 g/mol. The molecule has 2 heterocycles. The molecule has 9 heteroatoms. The van der Waals surface area contributed by atoms with Crippen LogP contribution < -0.4 is 10.2 Å². The highest BCUT2D eigenvalue weighted by Crippen LogP contribution is 2.21. The molecule has 3 aromatic rings. The van der Waals surface area contributed by atoms with Crippen molar-refractivity contribution < 1.29 is 14.5 Å². The van der Waals surface area contributed by atoms with Gasteiger partial charge in [0.2, 0.25) is 0 Å². The van der Waals surface area contributed by atoms with Gasteiger partial charge in [-0.25, -0.2) is 4.68 Å². The molecule has 0 aliphatic carbocycles. The number of carbonyl (C=O) groups is 1. The third-order valence-electron chi connectivity index (χ3n) is 5.29. The highest BCUT2D eigenvalue weighted by molar-refractivity contribution is 5.94. The SMILES string of the molecule is CC(NC(=O)c1cnn(-c2ccc([N+](=O)[O-])cc2)c1)c1ccc(N2CCOCC2)cc1. The van der Waals surface area contributed by atoms with Crippen molar-refractivity contribution in [2.75, 3.05) is 31.2 Å². The maximum atomic E-state index is 12.7. The van der Waals surface area contributed by atoms with Crippen molar-refractivity contribution in [2.45, 2.75) is 13.0 Å². The molecule has 0 bridgehead atoms. The van der Waals surface area contributed by atoms with Gasteiger partial charge < -0.3 is 15.0 Å². The standard InChI is InChI=1S/C22H23N5O4/c1-16(17-2-4-19(5-3-17)25-10-12-31-13-11-25)24-22(28)18-14-23-26(15-18)20-6-8-21(9-7-20)27(29)30/h2-9,14-16H,10-13H2,1H3,(H,24,28). The fraction of sp³-hybridized carbons (Fsp3) is 0.273. The number of hydrogen-bond acceptors (Lipinski definition) is 6. The number of anilines is 1. The Morgan fingerprint density at radius 1 is 1.10 bits per heavy atom. The first-order chi connectivity index (χ1) is 15.0. The van der Waals surface area contributed by atoms with Crippen LogP contribution in [-0.2, 0) is 4.74 Å². The summed E-state index contributed by atoms with van der Waals surface area (Å²) in [6.45, 7) is 5.17. The van der Waals surface area contributed by atoms with E-state index in [2.05, 4.69) is 27.4 Å². The molecule has 1 amide bonds. The van der Waals surface area contributed by atoms with Crippen molar-refractivity contribution in [3.8, 4) is 5.69 Å². The molecule has 1 aromatic heterocycles. The fourth-order valence-corrected chi connectivity index (χ4v) is 3.47. The molecule has 1 unspecified atom stereocenters. The molecule has 1 aliphatic heterocycles. The first kappa shape index (κ1) is 20.5. The second kappa shape index (κ2) is 8.97. The Kier molecular flexibility index (Phi) is 5.94. The number of rotatable bonds is 6. The van der Waals surface area contributed by atoms with Crippen LogP contribution in [0.4, 0.5) is 11.4 Å². The zero-order chi connectivity index (χ0) is 21.8. The van der Waals surface area contributed by atoms with Crippen LogP contribution in [0.1, 0.15) is 28.9 Å². The number of morpholine rings is 1. The lowest BCUT2D eigenvalue weighted by Crippen LogP contribution is -2.36. The third kappa shape index (κ3) is 4.72. The summed E-state index contributed by atoms with van der Waals surface area (Å²) >= 11 is 0. The van der Waals surface area contributed by atoms with Gasteiger partial charge in [0.25, 0.3) is 11.6 Å². The number of ether oxygens (including phenoxy) is 1. The number of hydrogen-bond donors (Lipinski definition) is 1. The van der Waals surface area contributed by atoms with Gasteiger partial charge >= 0.3 is 0 Å². The zero-order valence-corrected chi connectivity index (χ0v) is 17.1. The molecule has 1 N–H and O–H groups in total. The summed E-state index contributed by atoms with van der Waals surface area (Å²) in [5.41, 5.74) is 3.21. The van der Waals surface area contributed by atoms with Crippen LogP contribution in [0, 0.1) is 10.1 Å². The Labute approximate surface area is 179 Å². The molecule has 0 radical (unpaired) electrons. The third-order valence-corrected chi connectivity index (χ3v) is 5.29. The molecule has 31 heavy (non-hydrogen) atoms. The van der Waals surface area contributed by atoms with Gasteiger partial charge in [0, 0.05) is 37.1 Å². The summed E-state index contributed by atoms with van der Waals surface area (Å²) in [7, 11) is 0. The number of amides is 1. The van der Waals surface area contributed by atoms with Crippen LogP contribution in [0.15, 0.2) is 60.9 Å². The minimum atomic E-state index is -0.458. The molecule has 160 valence electrons. The van der Waals surface area contributed by atoms with Crippen molar-refractivity contribution in [1.29, 1.82) is 0 Å². The molecule has 1 atom stereocenters. The normalized spacial score (nSPS) is 14.8. The number of carbonyl (C=O) groups excluding carboxylic acids is 1. The molecular weight excluding hydrogens is 398 g/mol. The molecule has 0 spiro atoms. The van der Waals surface area contributed by atoms with E-state index in [0.717, 1.165) is 37.6 Å². The lowest BCUT2D eigenvalue weighted by atomic mass is 10.1. The van der Waals surface area contributed by atoms with Gasteiger partial charge in [-0.15, -0.1) is 0 Å². The summed E-state index contributed by atoms with van der Waals surface area (Å²) in [4.78, 5) is 25.3. The molecular formula is C22H23N5O4. The average Bonchev–Trinajstić information content (AvgIpc) is 3.30. The molecule has 1 fully saturated rings. The molecule has 9 nitrogen and oxygen atoms in total. The number of non-ortho nitro benzene ring substituents is 1. The second-order valence-electron chi connectivity index (χ2n) is 7.33. The van der Waals surface area contributed by atoms with Crippen LogP contribution >= 0.6 is 0 Å². The first-order valence-corrected chi connectivity index (χ1v) is 10.0. The maximum absolute atomic E-state index is 12.7. The molecule has 0 saturated carbocycles. The predicted molar refractivity (Wildman–Crippen MR) is 116 cm³/mol. The van der Waals surface area contributed by atoms with Crippen LogP contribution in [0.25, 0.3) is 5.69 Å². The summed E-state index contributed by atoms with van der Waals surface area (Å²) in [5, 5.41) is 18.0. The van der Waals surface area contributed by atoms with Crippen LogP contribution in [-0.4, -0.2) is 46.9 Å². The van der Waals surface area contributed by atoms with Crippen LogP contribution in [0.3, 0.4) is 0 Å². The fourth-order valence-electron chi connectivity index (χ4n) is 3.47. The van der Waals surface area contributed by atoms with Crippen molar-refractivity contribution >= 4 is 17.3 Å². The molecule has 1 saturated heterocycles. The highest BCUT2D eigenvalue weighted by atomic mass is 16.6. The highest BCUT2D eigenvalue weighted by Gasteiger charge is 2.16. The minimum Gasteiger partial charge on any atom is -0.378 e. The lowest BCUT2D eigenvalue weighted by Gasteiger charge is -2.29. The van der Waals surface area contributed by atoms with E-state index in [9.17, 15) is 14.9 Å². The number of nitrogens with one attached hydrogen (secondary N) is 1. The van der Waals surface area contributed by atoms with Gasteiger partial charge in [-0.3, -0.25) is 14.9 Å². The first-order valence-electron chi connectivity index (χ1n) is 10.0. The summed E-state index contributed by atoms with van der Waals surface area (Å²) < 4.78 is 6.90. The van der Waals surface area contributed by atoms with Gasteiger partial charge in [-0.1, -0.05) is 12.1 Å². The second-order valence-corrected chi connectivity index (χ2v) is 7.33. The zero-order valence-electron chi connectivity index (χ0n) is 17.1. The van der Waals surface area contributed by atoms with E-state index in [-0.39, 0.29) is 17.6 Å². The van der Waals surface area contributed by atoms with E-state index in [0.29, 0.717) is 11.3 Å². The smallest absolute Gasteiger partial charge is 0.269 e. The molecule has 1 aliphatic rings. The van der Waals surface area contributed by atoms with E-state index in [1.54, 1.807) is 18.3 Å². The quantitative estimate of drug-likeness (QED) is 0.485. The molecule has 2 aromatic carbocycles. The van der Waals surface area contributed by atoms with E-state index >= 15 is 0 Å². The minimum absolute atomic E-state index is 0.00216. The van der Waals surface area contributed by atoms with E-state index in [1.165, 1.54) is 23.0 Å². The molecule has 4 rings (SSSR count). The van der Waals surface area contributed by atoms with Gasteiger partial charge in [-0.2, -0.15) is 5.10 Å². The Hall–Kier alpha value is -3.72. The van der Waals surface area contributed by atoms with E-state index in [4.69, 9.17) is 4.74 Å². The largest absolute Gasteiger partial charge is 0.378 e. The van der Waals surface area contributed by atoms with E-state index in [1.807, 2.05) is 19.1 Å². The maximum Gasteiger partial charge on any atom is 0.269 e. The van der Waals surface area contributed by atoms with Crippen LogP contribution in [0.2, 0.25) is 0 Å². The Morgan fingerprint density at radius 3 is 2.39 bits per heavy atom. The number of nitro benzene ring substituents is 1. The van der Waals surface area contributed by atoms with Crippen molar-refractivity contribution in [3.05, 3.63) is 82.2 Å². The van der Waals surface area contributed by atoms with Gasteiger partial charge in [0.15, 0.2) is 0 Å². The number of benzene rings is 2. The summed E-state index contributed by atoms with van der Waals surface area (Å²) in [6, 6.07) is 14.0. The van der Waals surface area contributed by atoms with Crippen molar-refractivity contribution in [1.82, 2.24) is 15.1 Å². The van der Waals surface area contributed by atoms with E-state index < -0.39 is 4.92 Å². The van der Waals surface area contributed by atoms with Crippen molar-refractivity contribution in [2.24, 2.45) is 0 Å². The number of nitro groups is 1. The van der Waals surface area contributed by atoms with Gasteiger partial charge in [0.1, 0.15) is 0 Å². The lowest BCUT2D eigenvalue weighted by molar-refractivity contribution is -0.384. The monoisotopic (exact) mass is 421 g/mol. The number of aromatic nitrogens is 2. The Morgan fingerprint density at radius 2 is 1.74 bits per heavy atom. The predicted octanol–water partition coefficient (Wildman–Crippen LogP) is 3.11. The van der Waals surface area contributed by atoms with Gasteiger partial charge in [0.05, 0.1) is 41.6 Å². The summed E-state index contributed by atoms with van der Waals surface area (Å²) in [6.07, 6.45) is 3.08. The topological polar surface area (TPSA) is 103 Å². The Balaban J connectivity index is 1.39. The van der Waals surface area contributed by atoms with Crippen molar-refractivity contribution in [3.63, 3.8) is 0 Å². The van der Waals surface area contributed by atoms with Gasteiger partial charge in [-0.05, 0) is 36.8 Å². The number of nitrogens with zero attached hydrogens (tertiary/aromatic N) is 4. The summed E-state index contributed by atoms with van der Waals surface area (Å²) in [5.74, 6) is -0.238.